The molecule has 0 spiro atoms. The van der Waals surface area contributed by atoms with Crippen LogP contribution in [0.15, 0.2) is 48.5 Å². The molecule has 0 bridgehead atoms. The summed E-state index contributed by atoms with van der Waals surface area (Å²) in [4.78, 5) is 23.6. The van der Waals surface area contributed by atoms with Gasteiger partial charge in [-0.1, -0.05) is 42.8 Å². The van der Waals surface area contributed by atoms with E-state index < -0.39 is 6.04 Å². The molecule has 1 heterocycles. The molecule has 6 heteroatoms. The first-order chi connectivity index (χ1) is 14.0. The molecule has 1 saturated heterocycles. The van der Waals surface area contributed by atoms with Crippen LogP contribution in [0.3, 0.4) is 0 Å². The van der Waals surface area contributed by atoms with E-state index in [1.165, 1.54) is 6.92 Å². The third kappa shape index (κ3) is 5.90. The molecule has 0 aliphatic carbocycles. The van der Waals surface area contributed by atoms with E-state index in [9.17, 15) is 14.9 Å². The van der Waals surface area contributed by atoms with Crippen LogP contribution in [0.5, 0.6) is 0 Å². The van der Waals surface area contributed by atoms with Gasteiger partial charge in [0.05, 0.1) is 12.1 Å². The van der Waals surface area contributed by atoms with Gasteiger partial charge in [0, 0.05) is 19.0 Å². The molecule has 2 amide bonds. The molecular formula is C23H26N4O2. The lowest BCUT2D eigenvalue weighted by molar-refractivity contribution is -0.124. The summed E-state index contributed by atoms with van der Waals surface area (Å²) in [6, 6.07) is 17.0. The van der Waals surface area contributed by atoms with E-state index in [2.05, 4.69) is 22.0 Å². The summed E-state index contributed by atoms with van der Waals surface area (Å²) < 4.78 is 0. The number of anilines is 1. The van der Waals surface area contributed by atoms with E-state index in [1.807, 2.05) is 48.5 Å². The Balaban J connectivity index is 1.62. The third-order valence-electron chi connectivity index (χ3n) is 5.01. The maximum Gasteiger partial charge on any atom is 0.238 e. The van der Waals surface area contributed by atoms with Gasteiger partial charge >= 0.3 is 0 Å². The Morgan fingerprint density at radius 3 is 2.62 bits per heavy atom. The molecular weight excluding hydrogens is 364 g/mol. The van der Waals surface area contributed by atoms with Crippen molar-refractivity contribution in [1.29, 1.82) is 5.26 Å². The molecule has 2 aromatic rings. The first kappa shape index (κ1) is 20.6. The second-order valence-electron chi connectivity index (χ2n) is 7.36. The van der Waals surface area contributed by atoms with E-state index in [1.54, 1.807) is 0 Å². The minimum absolute atomic E-state index is 0.0948. The minimum atomic E-state index is -0.555. The largest absolute Gasteiger partial charge is 0.339 e. The number of nitrogens with one attached hydrogen (secondary N) is 3. The molecule has 3 N–H and O–H groups in total. The lowest BCUT2D eigenvalue weighted by atomic mass is 10.00. The van der Waals surface area contributed by atoms with Gasteiger partial charge in [-0.15, -0.1) is 0 Å². The first-order valence-corrected chi connectivity index (χ1v) is 9.95. The lowest BCUT2D eigenvalue weighted by Crippen LogP contribution is -2.49. The van der Waals surface area contributed by atoms with Crippen molar-refractivity contribution >= 4 is 17.5 Å². The van der Waals surface area contributed by atoms with Crippen LogP contribution >= 0.6 is 0 Å². The molecule has 1 aliphatic heterocycles. The number of hydrogen-bond acceptors (Lipinski definition) is 4. The molecule has 1 fully saturated rings. The molecule has 29 heavy (non-hydrogen) atoms. The SMILES string of the molecule is CC(=O)Nc1cccc(-c2ccc(C[C@@H](C#N)NC(=O)[C@@H]3CCCCN3)cc2)c1. The van der Waals surface area contributed by atoms with Gasteiger partial charge in [-0.25, -0.2) is 0 Å². The van der Waals surface area contributed by atoms with E-state index in [4.69, 9.17) is 0 Å². The summed E-state index contributed by atoms with van der Waals surface area (Å²) in [7, 11) is 0. The molecule has 2 aromatic carbocycles. The average molecular weight is 390 g/mol. The van der Waals surface area contributed by atoms with Gasteiger partial charge in [-0.3, -0.25) is 9.59 Å². The fourth-order valence-electron chi connectivity index (χ4n) is 3.53. The number of hydrogen-bond donors (Lipinski definition) is 3. The van der Waals surface area contributed by atoms with Crippen molar-refractivity contribution in [3.63, 3.8) is 0 Å². The van der Waals surface area contributed by atoms with Gasteiger partial charge in [0.1, 0.15) is 6.04 Å². The van der Waals surface area contributed by atoms with Crippen LogP contribution in [-0.2, 0) is 16.0 Å². The molecule has 150 valence electrons. The summed E-state index contributed by atoms with van der Waals surface area (Å²) in [5, 5.41) is 18.3. The zero-order chi connectivity index (χ0) is 20.6. The van der Waals surface area contributed by atoms with E-state index >= 15 is 0 Å². The fourth-order valence-corrected chi connectivity index (χ4v) is 3.53. The highest BCUT2D eigenvalue weighted by Crippen LogP contribution is 2.23. The number of carbonyl (C=O) groups excluding carboxylic acids is 2. The average Bonchev–Trinajstić information content (AvgIpc) is 2.74. The first-order valence-electron chi connectivity index (χ1n) is 9.95. The minimum Gasteiger partial charge on any atom is -0.339 e. The summed E-state index contributed by atoms with van der Waals surface area (Å²) >= 11 is 0. The number of nitriles is 1. The van der Waals surface area contributed by atoms with Gasteiger partial charge in [0.25, 0.3) is 0 Å². The van der Waals surface area contributed by atoms with Crippen molar-refractivity contribution in [2.75, 3.05) is 11.9 Å². The normalized spacial score (nSPS) is 17.0. The number of carbonyl (C=O) groups is 2. The Labute approximate surface area is 171 Å². The monoisotopic (exact) mass is 390 g/mol. The highest BCUT2D eigenvalue weighted by molar-refractivity contribution is 5.89. The number of rotatable bonds is 6. The molecule has 0 radical (unpaired) electrons. The fraction of sp³-hybridized carbons (Fsp3) is 0.348. The highest BCUT2D eigenvalue weighted by Gasteiger charge is 2.23. The Kier molecular flexibility index (Phi) is 6.99. The number of piperidine rings is 1. The maximum absolute atomic E-state index is 12.4. The van der Waals surface area contributed by atoms with Crippen molar-refractivity contribution in [3.05, 3.63) is 54.1 Å². The Morgan fingerprint density at radius 1 is 1.17 bits per heavy atom. The summed E-state index contributed by atoms with van der Waals surface area (Å²) in [6.07, 6.45) is 3.40. The quantitative estimate of drug-likeness (QED) is 0.707. The highest BCUT2D eigenvalue weighted by atomic mass is 16.2. The molecule has 0 saturated carbocycles. The van der Waals surface area contributed by atoms with Crippen molar-refractivity contribution in [2.24, 2.45) is 0 Å². The molecule has 0 aromatic heterocycles. The Morgan fingerprint density at radius 2 is 1.97 bits per heavy atom. The zero-order valence-electron chi connectivity index (χ0n) is 16.6. The smallest absolute Gasteiger partial charge is 0.238 e. The topological polar surface area (TPSA) is 94.0 Å². The molecule has 2 atom stereocenters. The number of amides is 2. The van der Waals surface area contributed by atoms with Gasteiger partial charge in [0.15, 0.2) is 0 Å². The second kappa shape index (κ2) is 9.85. The van der Waals surface area contributed by atoms with Crippen LogP contribution in [0.25, 0.3) is 11.1 Å². The Bertz CT molecular complexity index is 896. The second-order valence-corrected chi connectivity index (χ2v) is 7.36. The van der Waals surface area contributed by atoms with Gasteiger partial charge < -0.3 is 16.0 Å². The van der Waals surface area contributed by atoms with E-state index in [0.717, 1.165) is 48.2 Å². The summed E-state index contributed by atoms with van der Waals surface area (Å²) in [5.41, 5.74) is 3.75. The molecule has 1 aliphatic rings. The Hall–Kier alpha value is -3.17. The van der Waals surface area contributed by atoms with E-state index in [0.29, 0.717) is 6.42 Å². The predicted molar refractivity (Wildman–Crippen MR) is 113 cm³/mol. The predicted octanol–water partition coefficient (Wildman–Crippen LogP) is 3.00. The van der Waals surface area contributed by atoms with Gasteiger partial charge in [-0.2, -0.15) is 5.26 Å². The van der Waals surface area contributed by atoms with Crippen molar-refractivity contribution in [1.82, 2.24) is 10.6 Å². The van der Waals surface area contributed by atoms with Crippen LogP contribution in [-0.4, -0.2) is 30.4 Å². The van der Waals surface area contributed by atoms with E-state index in [-0.39, 0.29) is 17.9 Å². The number of benzene rings is 2. The van der Waals surface area contributed by atoms with Crippen LogP contribution in [0.1, 0.15) is 31.7 Å². The van der Waals surface area contributed by atoms with Crippen LogP contribution in [0.4, 0.5) is 5.69 Å². The third-order valence-corrected chi connectivity index (χ3v) is 5.01. The molecule has 3 rings (SSSR count). The van der Waals surface area contributed by atoms with Crippen LogP contribution < -0.4 is 16.0 Å². The molecule has 0 unspecified atom stereocenters. The summed E-state index contributed by atoms with van der Waals surface area (Å²) in [5.74, 6) is -0.201. The van der Waals surface area contributed by atoms with Crippen molar-refractivity contribution in [3.8, 4) is 17.2 Å². The maximum atomic E-state index is 12.4. The van der Waals surface area contributed by atoms with Crippen LogP contribution in [0, 0.1) is 11.3 Å². The zero-order valence-corrected chi connectivity index (χ0v) is 16.6. The lowest BCUT2D eigenvalue weighted by Gasteiger charge is -2.23. The van der Waals surface area contributed by atoms with Gasteiger partial charge in [0.2, 0.25) is 11.8 Å². The standard InChI is InChI=1S/C23H26N4O2/c1-16(28)26-20-6-4-5-19(14-20)18-10-8-17(9-11-18)13-21(15-24)27-23(29)22-7-2-3-12-25-22/h4-6,8-11,14,21-22,25H,2-3,7,12-13H2,1H3,(H,26,28)(H,27,29)/t21-,22-/m0/s1. The number of nitrogens with zero attached hydrogens (tertiary/aromatic N) is 1. The van der Waals surface area contributed by atoms with Gasteiger partial charge in [-0.05, 0) is 48.2 Å². The van der Waals surface area contributed by atoms with Crippen molar-refractivity contribution in [2.45, 2.75) is 44.7 Å². The summed E-state index contributed by atoms with van der Waals surface area (Å²) in [6.45, 7) is 2.33. The van der Waals surface area contributed by atoms with Crippen molar-refractivity contribution < 1.29 is 9.59 Å². The molecule has 6 nitrogen and oxygen atoms in total. The van der Waals surface area contributed by atoms with Crippen LogP contribution in [0.2, 0.25) is 0 Å².